The van der Waals surface area contributed by atoms with E-state index in [0.29, 0.717) is 40.3 Å². The molecule has 1 fully saturated rings. The first-order valence-corrected chi connectivity index (χ1v) is 10.8. The second-order valence-corrected chi connectivity index (χ2v) is 8.29. The van der Waals surface area contributed by atoms with Crippen molar-refractivity contribution < 1.29 is 14.3 Å². The molecular formula is C21H19N5O4S. The molecule has 158 valence electrons. The molecule has 0 saturated carbocycles. The lowest BCUT2D eigenvalue weighted by atomic mass is 10.1. The van der Waals surface area contributed by atoms with Gasteiger partial charge in [-0.15, -0.1) is 21.5 Å². The van der Waals surface area contributed by atoms with Crippen LogP contribution in [0.4, 0.5) is 5.69 Å². The number of benzene rings is 1. The third-order valence-corrected chi connectivity index (χ3v) is 6.36. The van der Waals surface area contributed by atoms with E-state index in [1.807, 2.05) is 11.4 Å². The number of fused-ring (bicyclic) bond motifs is 3. The van der Waals surface area contributed by atoms with Crippen LogP contribution in [0.1, 0.15) is 35.4 Å². The molecule has 4 aromatic rings. The predicted octanol–water partition coefficient (Wildman–Crippen LogP) is 2.52. The van der Waals surface area contributed by atoms with Crippen molar-refractivity contribution in [2.24, 2.45) is 7.05 Å². The minimum absolute atomic E-state index is 0.0878. The second-order valence-electron chi connectivity index (χ2n) is 7.38. The van der Waals surface area contributed by atoms with Gasteiger partial charge in [0.05, 0.1) is 11.1 Å². The standard InChI is InChI=1S/C21H19N5O4S/c1-24-19(28)18-15(9-11-31-18)26-16(22-23-21(24)26)12-30-20(29)13-5-7-14(8-6-13)25-10-3-2-4-17(25)27/h5-9,11H,2-4,10,12H2,1H3. The van der Waals surface area contributed by atoms with Gasteiger partial charge in [0.2, 0.25) is 11.7 Å². The Labute approximate surface area is 180 Å². The number of esters is 1. The Morgan fingerprint density at radius 3 is 2.71 bits per heavy atom. The molecule has 0 N–H and O–H groups in total. The van der Waals surface area contributed by atoms with Crippen molar-refractivity contribution in [3.63, 3.8) is 0 Å². The third-order valence-electron chi connectivity index (χ3n) is 5.47. The van der Waals surface area contributed by atoms with E-state index in [1.54, 1.807) is 40.6 Å². The van der Waals surface area contributed by atoms with Gasteiger partial charge < -0.3 is 9.64 Å². The maximum Gasteiger partial charge on any atom is 0.338 e. The van der Waals surface area contributed by atoms with E-state index < -0.39 is 5.97 Å². The lowest BCUT2D eigenvalue weighted by molar-refractivity contribution is -0.119. The zero-order chi connectivity index (χ0) is 21.5. The van der Waals surface area contributed by atoms with E-state index in [4.69, 9.17) is 4.74 Å². The molecular weight excluding hydrogens is 418 g/mol. The Morgan fingerprint density at radius 1 is 1.13 bits per heavy atom. The molecule has 5 rings (SSSR count). The highest BCUT2D eigenvalue weighted by Crippen LogP contribution is 2.22. The Morgan fingerprint density at radius 2 is 1.94 bits per heavy atom. The maximum absolute atomic E-state index is 12.5. The first-order chi connectivity index (χ1) is 15.0. The van der Waals surface area contributed by atoms with E-state index in [-0.39, 0.29) is 18.1 Å². The summed E-state index contributed by atoms with van der Waals surface area (Å²) in [5, 5.41) is 10.0. The number of nitrogens with zero attached hydrogens (tertiary/aromatic N) is 5. The number of rotatable bonds is 4. The van der Waals surface area contributed by atoms with E-state index in [9.17, 15) is 14.4 Å². The van der Waals surface area contributed by atoms with Crippen LogP contribution in [0, 0.1) is 0 Å². The average molecular weight is 437 g/mol. The number of carbonyl (C=O) groups is 2. The fraction of sp³-hybridized carbons (Fsp3) is 0.286. The highest BCUT2D eigenvalue weighted by molar-refractivity contribution is 7.17. The van der Waals surface area contributed by atoms with Crippen molar-refractivity contribution in [1.82, 2.24) is 19.2 Å². The number of anilines is 1. The normalized spacial score (nSPS) is 14.5. The minimum Gasteiger partial charge on any atom is -0.454 e. The lowest BCUT2D eigenvalue weighted by Crippen LogP contribution is -2.35. The number of amides is 1. The SMILES string of the molecule is Cn1c(=O)c2sccc2n2c(COC(=O)c3ccc(N4CCCCC4=O)cc3)nnc12. The van der Waals surface area contributed by atoms with Gasteiger partial charge >= 0.3 is 5.97 Å². The summed E-state index contributed by atoms with van der Waals surface area (Å²) in [6.45, 7) is 0.609. The number of aryl methyl sites for hydroxylation is 1. The van der Waals surface area contributed by atoms with Gasteiger partial charge in [-0.2, -0.15) is 0 Å². The Balaban J connectivity index is 1.36. The smallest absolute Gasteiger partial charge is 0.338 e. The predicted molar refractivity (Wildman–Crippen MR) is 115 cm³/mol. The zero-order valence-corrected chi connectivity index (χ0v) is 17.6. The Hall–Kier alpha value is -3.53. The molecule has 9 nitrogen and oxygen atoms in total. The molecule has 1 aromatic carbocycles. The van der Waals surface area contributed by atoms with Crippen molar-refractivity contribution in [3.8, 4) is 0 Å². The summed E-state index contributed by atoms with van der Waals surface area (Å²) >= 11 is 1.34. The molecule has 0 aliphatic carbocycles. The van der Waals surface area contributed by atoms with E-state index in [1.165, 1.54) is 15.9 Å². The van der Waals surface area contributed by atoms with Gasteiger partial charge in [-0.1, -0.05) is 0 Å². The van der Waals surface area contributed by atoms with Gasteiger partial charge in [-0.3, -0.25) is 18.6 Å². The number of piperidine rings is 1. The van der Waals surface area contributed by atoms with Crippen LogP contribution in [0.2, 0.25) is 0 Å². The summed E-state index contributed by atoms with van der Waals surface area (Å²) in [4.78, 5) is 38.8. The topological polar surface area (TPSA) is 98.8 Å². The molecule has 1 aliphatic heterocycles. The summed E-state index contributed by atoms with van der Waals surface area (Å²) < 4.78 is 9.20. The molecule has 0 unspecified atom stereocenters. The van der Waals surface area contributed by atoms with Crippen LogP contribution < -0.4 is 10.5 Å². The van der Waals surface area contributed by atoms with Gasteiger partial charge in [-0.05, 0) is 48.6 Å². The largest absolute Gasteiger partial charge is 0.454 e. The number of hydrogen-bond donors (Lipinski definition) is 0. The first kappa shape index (κ1) is 19.4. The Bertz CT molecular complexity index is 1370. The molecule has 1 aliphatic rings. The first-order valence-electron chi connectivity index (χ1n) is 9.92. The molecule has 1 saturated heterocycles. The summed E-state index contributed by atoms with van der Waals surface area (Å²) in [7, 11) is 1.63. The van der Waals surface area contributed by atoms with Gasteiger partial charge in [0.1, 0.15) is 4.70 Å². The van der Waals surface area contributed by atoms with E-state index in [0.717, 1.165) is 18.5 Å². The summed E-state index contributed by atoms with van der Waals surface area (Å²) in [6.07, 6.45) is 2.45. The highest BCUT2D eigenvalue weighted by Gasteiger charge is 2.20. The zero-order valence-electron chi connectivity index (χ0n) is 16.8. The van der Waals surface area contributed by atoms with Crippen LogP contribution in [0.3, 0.4) is 0 Å². The number of aromatic nitrogens is 4. The Kier molecular flexibility index (Phi) is 4.78. The highest BCUT2D eigenvalue weighted by atomic mass is 32.1. The lowest BCUT2D eigenvalue weighted by Gasteiger charge is -2.26. The quantitative estimate of drug-likeness (QED) is 0.455. The minimum atomic E-state index is -0.500. The molecule has 0 atom stereocenters. The van der Waals surface area contributed by atoms with Gasteiger partial charge in [0.25, 0.3) is 5.56 Å². The number of carbonyl (C=O) groups excluding carboxylic acids is 2. The third kappa shape index (κ3) is 3.28. The van der Waals surface area contributed by atoms with Crippen molar-refractivity contribution in [3.05, 3.63) is 57.5 Å². The van der Waals surface area contributed by atoms with Gasteiger partial charge in [0.15, 0.2) is 12.4 Å². The molecule has 1 amide bonds. The van der Waals surface area contributed by atoms with E-state index >= 15 is 0 Å². The monoisotopic (exact) mass is 437 g/mol. The fourth-order valence-corrected chi connectivity index (χ4v) is 4.67. The van der Waals surface area contributed by atoms with Crippen molar-refractivity contribution in [2.75, 3.05) is 11.4 Å². The van der Waals surface area contributed by atoms with Crippen LogP contribution >= 0.6 is 11.3 Å². The molecule has 0 spiro atoms. The fourth-order valence-electron chi connectivity index (χ4n) is 3.82. The van der Waals surface area contributed by atoms with Crippen molar-refractivity contribution in [1.29, 1.82) is 0 Å². The summed E-state index contributed by atoms with van der Waals surface area (Å²) in [5.74, 6) is 0.421. The molecule has 31 heavy (non-hydrogen) atoms. The summed E-state index contributed by atoms with van der Waals surface area (Å²) in [5.41, 5.74) is 1.72. The van der Waals surface area contributed by atoms with Crippen LogP contribution in [-0.4, -0.2) is 37.6 Å². The van der Waals surface area contributed by atoms with Crippen LogP contribution in [0.15, 0.2) is 40.5 Å². The molecule has 4 heterocycles. The van der Waals surface area contributed by atoms with Crippen molar-refractivity contribution >= 4 is 44.9 Å². The van der Waals surface area contributed by atoms with Crippen LogP contribution in [0.5, 0.6) is 0 Å². The van der Waals surface area contributed by atoms with E-state index in [2.05, 4.69) is 10.2 Å². The number of ether oxygens (including phenoxy) is 1. The molecule has 0 radical (unpaired) electrons. The molecule has 0 bridgehead atoms. The second kappa shape index (κ2) is 7.62. The van der Waals surface area contributed by atoms with Gasteiger partial charge in [0, 0.05) is 25.7 Å². The number of thiophene rings is 1. The van der Waals surface area contributed by atoms with Crippen molar-refractivity contribution in [2.45, 2.75) is 25.9 Å². The van der Waals surface area contributed by atoms with Crippen LogP contribution in [0.25, 0.3) is 16.0 Å². The summed E-state index contributed by atoms with van der Waals surface area (Å²) in [6, 6.07) is 8.65. The molecule has 10 heteroatoms. The average Bonchev–Trinajstić information content (AvgIpc) is 3.43. The number of hydrogen-bond acceptors (Lipinski definition) is 7. The van der Waals surface area contributed by atoms with Gasteiger partial charge in [-0.25, -0.2) is 4.79 Å². The van der Waals surface area contributed by atoms with Crippen LogP contribution in [-0.2, 0) is 23.2 Å². The maximum atomic E-state index is 12.5. The molecule has 3 aromatic heterocycles.